The van der Waals surface area contributed by atoms with Gasteiger partial charge in [-0.1, -0.05) is 11.6 Å². The summed E-state index contributed by atoms with van der Waals surface area (Å²) < 4.78 is 0. The molecular formula is C10H15ClN4. The molecule has 1 atom stereocenters. The van der Waals surface area contributed by atoms with Gasteiger partial charge in [0.25, 0.3) is 0 Å². The molecule has 1 aliphatic heterocycles. The highest BCUT2D eigenvalue weighted by molar-refractivity contribution is 6.32. The SMILES string of the molecule is C[C@H]1CNCCN1c1cc(N)c(Cl)cn1. The molecule has 0 spiro atoms. The Labute approximate surface area is 94.4 Å². The Morgan fingerprint density at radius 1 is 1.67 bits per heavy atom. The fourth-order valence-electron chi connectivity index (χ4n) is 1.78. The molecule has 82 valence electrons. The second-order valence-corrected chi connectivity index (χ2v) is 4.22. The molecule has 1 aliphatic rings. The number of aromatic nitrogens is 1. The Hall–Kier alpha value is -1.00. The molecule has 1 saturated heterocycles. The van der Waals surface area contributed by atoms with Crippen LogP contribution >= 0.6 is 11.6 Å². The number of hydrogen-bond acceptors (Lipinski definition) is 4. The van der Waals surface area contributed by atoms with Crippen LogP contribution in [-0.4, -0.2) is 30.7 Å². The third-order valence-corrected chi connectivity index (χ3v) is 2.98. The number of anilines is 2. The van der Waals surface area contributed by atoms with E-state index < -0.39 is 0 Å². The van der Waals surface area contributed by atoms with Crippen molar-refractivity contribution in [3.63, 3.8) is 0 Å². The predicted octanol–water partition coefficient (Wildman–Crippen LogP) is 1.12. The van der Waals surface area contributed by atoms with Gasteiger partial charge in [0.1, 0.15) is 5.82 Å². The molecule has 0 aromatic carbocycles. The first-order valence-corrected chi connectivity index (χ1v) is 5.44. The van der Waals surface area contributed by atoms with E-state index in [-0.39, 0.29) is 0 Å². The molecule has 1 fully saturated rings. The van der Waals surface area contributed by atoms with Crippen LogP contribution in [0.25, 0.3) is 0 Å². The van der Waals surface area contributed by atoms with Crippen LogP contribution in [0.5, 0.6) is 0 Å². The number of piperazine rings is 1. The van der Waals surface area contributed by atoms with Gasteiger partial charge in [0, 0.05) is 37.9 Å². The molecule has 15 heavy (non-hydrogen) atoms. The van der Waals surface area contributed by atoms with Gasteiger partial charge in [-0.2, -0.15) is 0 Å². The Morgan fingerprint density at radius 2 is 2.47 bits per heavy atom. The van der Waals surface area contributed by atoms with Crippen LogP contribution in [0.2, 0.25) is 5.02 Å². The molecule has 0 aliphatic carbocycles. The minimum absolute atomic E-state index is 0.437. The van der Waals surface area contributed by atoms with E-state index in [2.05, 4.69) is 22.1 Å². The lowest BCUT2D eigenvalue weighted by Gasteiger charge is -2.35. The van der Waals surface area contributed by atoms with E-state index in [1.807, 2.05) is 6.07 Å². The van der Waals surface area contributed by atoms with Gasteiger partial charge in [0.05, 0.1) is 10.7 Å². The summed E-state index contributed by atoms with van der Waals surface area (Å²) in [6, 6.07) is 2.27. The molecular weight excluding hydrogens is 212 g/mol. The van der Waals surface area contributed by atoms with Crippen molar-refractivity contribution in [2.45, 2.75) is 13.0 Å². The van der Waals surface area contributed by atoms with Gasteiger partial charge >= 0.3 is 0 Å². The van der Waals surface area contributed by atoms with Gasteiger partial charge in [-0.05, 0) is 6.92 Å². The van der Waals surface area contributed by atoms with Crippen molar-refractivity contribution in [3.8, 4) is 0 Å². The number of hydrogen-bond donors (Lipinski definition) is 2. The Kier molecular flexibility index (Phi) is 2.98. The van der Waals surface area contributed by atoms with Gasteiger partial charge in [-0.3, -0.25) is 0 Å². The summed E-state index contributed by atoms with van der Waals surface area (Å²) in [5.74, 6) is 0.908. The van der Waals surface area contributed by atoms with E-state index >= 15 is 0 Å². The normalized spacial score (nSPS) is 21.7. The van der Waals surface area contributed by atoms with Crippen LogP contribution < -0.4 is 16.0 Å². The minimum Gasteiger partial charge on any atom is -0.397 e. The fraction of sp³-hybridized carbons (Fsp3) is 0.500. The first kappa shape index (κ1) is 10.5. The molecule has 2 heterocycles. The Bertz CT molecular complexity index is 355. The minimum atomic E-state index is 0.437. The van der Waals surface area contributed by atoms with Gasteiger partial charge < -0.3 is 16.0 Å². The third-order valence-electron chi connectivity index (χ3n) is 2.67. The van der Waals surface area contributed by atoms with Crippen molar-refractivity contribution >= 4 is 23.1 Å². The van der Waals surface area contributed by atoms with Crippen LogP contribution in [0.3, 0.4) is 0 Å². The van der Waals surface area contributed by atoms with E-state index in [0.717, 1.165) is 25.5 Å². The van der Waals surface area contributed by atoms with Gasteiger partial charge in [-0.15, -0.1) is 0 Å². The Balaban J connectivity index is 2.24. The summed E-state index contributed by atoms with van der Waals surface area (Å²) in [6.07, 6.45) is 1.61. The van der Waals surface area contributed by atoms with Crippen molar-refractivity contribution in [3.05, 3.63) is 17.3 Å². The quantitative estimate of drug-likeness (QED) is 0.754. The first-order valence-electron chi connectivity index (χ1n) is 5.07. The number of pyridine rings is 1. The van der Waals surface area contributed by atoms with E-state index in [9.17, 15) is 0 Å². The molecule has 0 saturated carbocycles. The predicted molar refractivity (Wildman–Crippen MR) is 63.3 cm³/mol. The lowest BCUT2D eigenvalue weighted by molar-refractivity contribution is 0.497. The average molecular weight is 227 g/mol. The zero-order valence-corrected chi connectivity index (χ0v) is 9.46. The maximum absolute atomic E-state index is 5.84. The lowest BCUT2D eigenvalue weighted by atomic mass is 10.2. The third kappa shape index (κ3) is 2.16. The summed E-state index contributed by atoms with van der Waals surface area (Å²) in [4.78, 5) is 6.54. The largest absolute Gasteiger partial charge is 0.397 e. The van der Waals surface area contributed by atoms with Crippen LogP contribution in [-0.2, 0) is 0 Å². The summed E-state index contributed by atoms with van der Waals surface area (Å²) in [5.41, 5.74) is 6.35. The molecule has 0 bridgehead atoms. The second-order valence-electron chi connectivity index (χ2n) is 3.81. The number of nitrogens with two attached hydrogens (primary N) is 1. The molecule has 4 nitrogen and oxygen atoms in total. The maximum atomic E-state index is 5.84. The molecule has 0 amide bonds. The molecule has 3 N–H and O–H groups in total. The van der Waals surface area contributed by atoms with Gasteiger partial charge in [-0.25, -0.2) is 4.98 Å². The van der Waals surface area contributed by atoms with Crippen molar-refractivity contribution in [2.24, 2.45) is 0 Å². The summed E-state index contributed by atoms with van der Waals surface area (Å²) in [5, 5.41) is 3.85. The fourth-order valence-corrected chi connectivity index (χ4v) is 1.88. The van der Waals surface area contributed by atoms with Crippen molar-refractivity contribution in [1.29, 1.82) is 0 Å². The van der Waals surface area contributed by atoms with E-state index in [4.69, 9.17) is 17.3 Å². The van der Waals surface area contributed by atoms with Crippen molar-refractivity contribution in [2.75, 3.05) is 30.3 Å². The second kappa shape index (κ2) is 4.24. The summed E-state index contributed by atoms with van der Waals surface area (Å²) in [6.45, 7) is 5.08. The number of nitrogens with one attached hydrogen (secondary N) is 1. The standard InChI is InChI=1S/C10H15ClN4/c1-7-5-13-2-3-15(7)10-4-9(12)8(11)6-14-10/h4,6-7,13H,2-3,5H2,1H3,(H2,12,14)/t7-/m0/s1. The number of nitrogens with zero attached hydrogens (tertiary/aromatic N) is 2. The Morgan fingerprint density at radius 3 is 3.13 bits per heavy atom. The van der Waals surface area contributed by atoms with Crippen molar-refractivity contribution in [1.82, 2.24) is 10.3 Å². The summed E-state index contributed by atoms with van der Waals surface area (Å²) in [7, 11) is 0. The zero-order chi connectivity index (χ0) is 10.8. The van der Waals surface area contributed by atoms with Gasteiger partial charge in [0.15, 0.2) is 0 Å². The highest BCUT2D eigenvalue weighted by Crippen LogP contribution is 2.23. The van der Waals surface area contributed by atoms with Gasteiger partial charge in [0.2, 0.25) is 0 Å². The molecule has 1 aromatic rings. The molecule has 2 rings (SSSR count). The highest BCUT2D eigenvalue weighted by atomic mass is 35.5. The number of halogens is 1. The molecule has 1 aromatic heterocycles. The van der Waals surface area contributed by atoms with Crippen LogP contribution in [0.4, 0.5) is 11.5 Å². The van der Waals surface area contributed by atoms with Crippen LogP contribution in [0, 0.1) is 0 Å². The monoisotopic (exact) mass is 226 g/mol. The average Bonchev–Trinajstić information content (AvgIpc) is 2.23. The zero-order valence-electron chi connectivity index (χ0n) is 8.70. The topological polar surface area (TPSA) is 54.2 Å². The summed E-state index contributed by atoms with van der Waals surface area (Å²) >= 11 is 5.84. The molecule has 0 radical (unpaired) electrons. The maximum Gasteiger partial charge on any atom is 0.130 e. The molecule has 0 unspecified atom stereocenters. The smallest absolute Gasteiger partial charge is 0.130 e. The number of nitrogen functional groups attached to an aromatic ring is 1. The van der Waals surface area contributed by atoms with E-state index in [1.165, 1.54) is 0 Å². The van der Waals surface area contributed by atoms with Crippen molar-refractivity contribution < 1.29 is 0 Å². The first-order chi connectivity index (χ1) is 7.18. The van der Waals surface area contributed by atoms with E-state index in [0.29, 0.717) is 16.8 Å². The highest BCUT2D eigenvalue weighted by Gasteiger charge is 2.19. The van der Waals surface area contributed by atoms with Crippen LogP contribution in [0.15, 0.2) is 12.3 Å². The van der Waals surface area contributed by atoms with E-state index in [1.54, 1.807) is 6.20 Å². The lowest BCUT2D eigenvalue weighted by Crippen LogP contribution is -2.50. The molecule has 5 heteroatoms. The van der Waals surface area contributed by atoms with Crippen LogP contribution in [0.1, 0.15) is 6.92 Å². The number of rotatable bonds is 1.